The predicted molar refractivity (Wildman–Crippen MR) is 125 cm³/mol. The zero-order chi connectivity index (χ0) is 23.5. The van der Waals surface area contributed by atoms with Crippen LogP contribution in [-0.2, 0) is 32.7 Å². The van der Waals surface area contributed by atoms with Crippen molar-refractivity contribution in [1.82, 2.24) is 4.90 Å². The summed E-state index contributed by atoms with van der Waals surface area (Å²) in [6.07, 6.45) is 5.38. The normalized spacial score (nSPS) is 24.9. The van der Waals surface area contributed by atoms with Gasteiger partial charge in [0.25, 0.3) is 0 Å². The van der Waals surface area contributed by atoms with Crippen molar-refractivity contribution in [3.63, 3.8) is 0 Å². The summed E-state index contributed by atoms with van der Waals surface area (Å²) in [5.41, 5.74) is 3.65. The molecule has 1 amide bonds. The Labute approximate surface area is 199 Å². The first-order valence-corrected chi connectivity index (χ1v) is 12.0. The first-order chi connectivity index (χ1) is 16.6. The first kappa shape index (κ1) is 22.6. The van der Waals surface area contributed by atoms with Crippen molar-refractivity contribution in [2.24, 2.45) is 5.92 Å². The maximum Gasteiger partial charge on any atom is 0.510 e. The lowest BCUT2D eigenvalue weighted by Gasteiger charge is -2.58. The van der Waals surface area contributed by atoms with Gasteiger partial charge in [0, 0.05) is 18.0 Å². The van der Waals surface area contributed by atoms with Gasteiger partial charge in [-0.25, -0.2) is 9.59 Å². The van der Waals surface area contributed by atoms with E-state index < -0.39 is 6.16 Å². The molecule has 0 unspecified atom stereocenters. The van der Waals surface area contributed by atoms with Gasteiger partial charge in [-0.2, -0.15) is 0 Å². The van der Waals surface area contributed by atoms with Crippen molar-refractivity contribution in [1.29, 1.82) is 0 Å². The highest BCUT2D eigenvalue weighted by molar-refractivity contribution is 5.69. The van der Waals surface area contributed by atoms with Gasteiger partial charge in [0.2, 0.25) is 6.79 Å². The average Bonchev–Trinajstić information content (AvgIpc) is 2.88. The number of carbonyl (C=O) groups is 2. The molecule has 180 valence electrons. The number of amides is 1. The molecule has 1 heterocycles. The summed E-state index contributed by atoms with van der Waals surface area (Å²) in [6.45, 7) is 0.806. The van der Waals surface area contributed by atoms with Crippen LogP contribution in [0.1, 0.15) is 48.8 Å². The van der Waals surface area contributed by atoms with Crippen molar-refractivity contribution in [3.05, 3.63) is 65.2 Å². The number of fused-ring (bicyclic) bond motifs is 1. The Balaban J connectivity index is 1.35. The highest BCUT2D eigenvalue weighted by Gasteiger charge is 2.55. The van der Waals surface area contributed by atoms with E-state index in [9.17, 15) is 9.59 Å². The van der Waals surface area contributed by atoms with Crippen LogP contribution in [0.2, 0.25) is 0 Å². The molecule has 3 aliphatic rings. The summed E-state index contributed by atoms with van der Waals surface area (Å²) in [4.78, 5) is 26.3. The smallest absolute Gasteiger partial charge is 0.457 e. The molecule has 2 bridgehead atoms. The van der Waals surface area contributed by atoms with Crippen LogP contribution in [0.5, 0.6) is 5.75 Å². The maximum atomic E-state index is 13.1. The molecule has 2 aromatic carbocycles. The molecular weight excluding hydrogens is 434 g/mol. The fourth-order valence-electron chi connectivity index (χ4n) is 6.31. The molecule has 34 heavy (non-hydrogen) atoms. The van der Waals surface area contributed by atoms with Crippen LogP contribution in [0.15, 0.2) is 48.5 Å². The number of nitrogens with zero attached hydrogens (tertiary/aromatic N) is 1. The van der Waals surface area contributed by atoms with Gasteiger partial charge in [-0.05, 0) is 60.4 Å². The van der Waals surface area contributed by atoms with Gasteiger partial charge in [-0.15, -0.1) is 0 Å². The molecule has 2 fully saturated rings. The lowest BCUT2D eigenvalue weighted by atomic mass is 9.52. The monoisotopic (exact) mass is 465 g/mol. The standard InChI is InChI=1S/C27H31NO6/c1-31-26(30)34-18-33-21-11-10-20-15-24-22-9-5-6-12-27(22,23(20)16-21)13-14-28(24)25(29)32-17-19-7-3-2-4-8-19/h2-4,7-8,10-11,16,22,24H,5-6,9,12-15,17-18H2,1H3/t22-,24+,27-/m1/s1. The third-order valence-corrected chi connectivity index (χ3v) is 7.82. The second kappa shape index (κ2) is 9.57. The minimum Gasteiger partial charge on any atom is -0.457 e. The lowest BCUT2D eigenvalue weighted by Crippen LogP contribution is -2.62. The van der Waals surface area contributed by atoms with Crippen molar-refractivity contribution < 1.29 is 28.5 Å². The maximum absolute atomic E-state index is 13.1. The van der Waals surface area contributed by atoms with E-state index in [-0.39, 0.29) is 24.3 Å². The summed E-state index contributed by atoms with van der Waals surface area (Å²) in [5, 5.41) is 0. The molecule has 2 aromatic rings. The van der Waals surface area contributed by atoms with E-state index in [1.165, 1.54) is 31.1 Å². The molecule has 0 N–H and O–H groups in total. The van der Waals surface area contributed by atoms with Gasteiger partial charge in [0.05, 0.1) is 7.11 Å². The van der Waals surface area contributed by atoms with Gasteiger partial charge in [-0.1, -0.05) is 49.2 Å². The Morgan fingerprint density at radius 2 is 1.91 bits per heavy atom. The fraction of sp³-hybridized carbons (Fsp3) is 0.481. The highest BCUT2D eigenvalue weighted by atomic mass is 16.8. The van der Waals surface area contributed by atoms with Gasteiger partial charge in [0.15, 0.2) is 0 Å². The Hall–Kier alpha value is -3.22. The van der Waals surface area contributed by atoms with Crippen molar-refractivity contribution in [3.8, 4) is 5.75 Å². The van der Waals surface area contributed by atoms with E-state index in [4.69, 9.17) is 14.2 Å². The zero-order valence-corrected chi connectivity index (χ0v) is 19.5. The minimum absolute atomic E-state index is 0.0509. The fourth-order valence-corrected chi connectivity index (χ4v) is 6.31. The van der Waals surface area contributed by atoms with E-state index in [2.05, 4.69) is 16.9 Å². The second-order valence-electron chi connectivity index (χ2n) is 9.44. The van der Waals surface area contributed by atoms with Crippen LogP contribution >= 0.6 is 0 Å². The molecule has 2 aliphatic carbocycles. The predicted octanol–water partition coefficient (Wildman–Crippen LogP) is 5.20. The molecule has 1 saturated carbocycles. The molecule has 0 spiro atoms. The van der Waals surface area contributed by atoms with E-state index in [0.717, 1.165) is 31.2 Å². The molecule has 5 rings (SSSR count). The van der Waals surface area contributed by atoms with E-state index in [1.54, 1.807) is 0 Å². The van der Waals surface area contributed by atoms with Gasteiger partial charge in [0.1, 0.15) is 12.4 Å². The van der Waals surface area contributed by atoms with Crippen LogP contribution < -0.4 is 4.74 Å². The number of hydrogen-bond donors (Lipinski definition) is 0. The summed E-state index contributed by atoms with van der Waals surface area (Å²) >= 11 is 0. The van der Waals surface area contributed by atoms with Crippen LogP contribution in [-0.4, -0.2) is 43.6 Å². The molecule has 0 aromatic heterocycles. The Kier molecular flexibility index (Phi) is 6.35. The molecule has 3 atom stereocenters. The van der Waals surface area contributed by atoms with E-state index in [0.29, 0.717) is 24.8 Å². The summed E-state index contributed by atoms with van der Waals surface area (Å²) in [5.74, 6) is 1.10. The van der Waals surface area contributed by atoms with Gasteiger partial charge in [-0.3, -0.25) is 0 Å². The van der Waals surface area contributed by atoms with E-state index >= 15 is 0 Å². The highest BCUT2D eigenvalue weighted by Crippen LogP contribution is 2.56. The third kappa shape index (κ3) is 4.19. The molecular formula is C27H31NO6. The van der Waals surface area contributed by atoms with Gasteiger partial charge >= 0.3 is 12.2 Å². The van der Waals surface area contributed by atoms with Crippen LogP contribution in [0.3, 0.4) is 0 Å². The van der Waals surface area contributed by atoms with Crippen molar-refractivity contribution in [2.45, 2.75) is 56.6 Å². The number of carbonyl (C=O) groups excluding carboxylic acids is 2. The molecule has 1 saturated heterocycles. The Morgan fingerprint density at radius 1 is 1.06 bits per heavy atom. The summed E-state index contributed by atoms with van der Waals surface area (Å²) in [6, 6.07) is 16.1. The number of rotatable bonds is 5. The number of piperidine rings is 1. The Morgan fingerprint density at radius 3 is 2.74 bits per heavy atom. The molecule has 7 heteroatoms. The second-order valence-corrected chi connectivity index (χ2v) is 9.44. The summed E-state index contributed by atoms with van der Waals surface area (Å²) in [7, 11) is 1.27. The van der Waals surface area contributed by atoms with E-state index in [1.807, 2.05) is 41.3 Å². The van der Waals surface area contributed by atoms with Crippen molar-refractivity contribution >= 4 is 12.2 Å². The minimum atomic E-state index is -0.765. The molecule has 7 nitrogen and oxygen atoms in total. The summed E-state index contributed by atoms with van der Waals surface area (Å²) < 4.78 is 20.8. The van der Waals surface area contributed by atoms with Crippen LogP contribution in [0, 0.1) is 5.92 Å². The number of hydrogen-bond acceptors (Lipinski definition) is 6. The van der Waals surface area contributed by atoms with Gasteiger partial charge < -0.3 is 23.8 Å². The van der Waals surface area contributed by atoms with Crippen LogP contribution in [0.25, 0.3) is 0 Å². The average molecular weight is 466 g/mol. The number of likely N-dealkylation sites (tertiary alicyclic amines) is 1. The topological polar surface area (TPSA) is 74.3 Å². The zero-order valence-electron chi connectivity index (χ0n) is 19.5. The van der Waals surface area contributed by atoms with Crippen LogP contribution in [0.4, 0.5) is 9.59 Å². The number of benzene rings is 2. The largest absolute Gasteiger partial charge is 0.510 e. The first-order valence-electron chi connectivity index (χ1n) is 12.0. The SMILES string of the molecule is COC(=O)OCOc1ccc2c(c1)[C@@]13CCCC[C@@H]1[C@H](C2)N(C(=O)OCc1ccccc1)CC3. The number of methoxy groups -OCH3 is 1. The third-order valence-electron chi connectivity index (χ3n) is 7.82. The number of ether oxygens (including phenoxy) is 4. The molecule has 1 aliphatic heterocycles. The Bertz CT molecular complexity index is 1040. The quantitative estimate of drug-likeness (QED) is 0.446. The molecule has 0 radical (unpaired) electrons. The van der Waals surface area contributed by atoms with Crippen molar-refractivity contribution in [2.75, 3.05) is 20.4 Å². The lowest BCUT2D eigenvalue weighted by molar-refractivity contribution is -0.0141.